The highest BCUT2D eigenvalue weighted by Crippen LogP contribution is 2.57. The smallest absolute Gasteiger partial charge is 0.341 e. The second kappa shape index (κ2) is 12.6. The number of fused-ring (bicyclic) bond motifs is 3. The van der Waals surface area contributed by atoms with Gasteiger partial charge in [0.05, 0.1) is 17.8 Å². The predicted octanol–water partition coefficient (Wildman–Crippen LogP) is 2.86. The largest absolute Gasteiger partial charge is 0.459 e. The van der Waals surface area contributed by atoms with E-state index in [1.54, 1.807) is 54.5 Å². The van der Waals surface area contributed by atoms with Gasteiger partial charge in [-0.15, -0.1) is 0 Å². The Bertz CT molecular complexity index is 1260. The molecular formula is C32H46O12. The summed E-state index contributed by atoms with van der Waals surface area (Å²) in [5.41, 5.74) is -6.20. The van der Waals surface area contributed by atoms with E-state index in [0.717, 1.165) is 6.92 Å². The van der Waals surface area contributed by atoms with Crippen molar-refractivity contribution in [3.8, 4) is 0 Å². The lowest BCUT2D eigenvalue weighted by Gasteiger charge is -2.42. The minimum Gasteiger partial charge on any atom is -0.459 e. The number of carbonyl (C=O) groups excluding carboxylic acids is 5. The fourth-order valence-electron chi connectivity index (χ4n) is 6.23. The highest BCUT2D eigenvalue weighted by atomic mass is 16.6. The molecule has 0 amide bonds. The molecule has 0 unspecified atom stereocenters. The van der Waals surface area contributed by atoms with Gasteiger partial charge in [0, 0.05) is 18.9 Å². The number of rotatable bonds is 9. The summed E-state index contributed by atoms with van der Waals surface area (Å²) < 4.78 is 29.3. The van der Waals surface area contributed by atoms with Crippen LogP contribution in [0, 0.1) is 17.8 Å². The van der Waals surface area contributed by atoms with E-state index in [4.69, 9.17) is 23.7 Å². The van der Waals surface area contributed by atoms with Crippen LogP contribution in [-0.4, -0.2) is 81.3 Å². The van der Waals surface area contributed by atoms with Crippen LogP contribution in [0.2, 0.25) is 0 Å². The maximum Gasteiger partial charge on any atom is 0.341 e. The molecule has 0 spiro atoms. The molecule has 1 saturated heterocycles. The van der Waals surface area contributed by atoms with Gasteiger partial charge < -0.3 is 33.9 Å². The molecule has 3 aliphatic rings. The van der Waals surface area contributed by atoms with Crippen LogP contribution in [0.15, 0.2) is 22.8 Å². The highest BCUT2D eigenvalue weighted by molar-refractivity contribution is 5.88. The first kappa shape index (κ1) is 35.2. The Kier molecular flexibility index (Phi) is 10.1. The number of aliphatic hydroxyl groups is 2. The summed E-state index contributed by atoms with van der Waals surface area (Å²) in [6, 6.07) is 0. The summed E-state index contributed by atoms with van der Waals surface area (Å²) in [5, 5.41) is 23.9. The molecule has 10 atom stereocenters. The first-order valence-electron chi connectivity index (χ1n) is 15.1. The highest BCUT2D eigenvalue weighted by Gasteiger charge is 2.76. The van der Waals surface area contributed by atoms with Crippen molar-refractivity contribution >= 4 is 29.8 Å². The van der Waals surface area contributed by atoms with Gasteiger partial charge in [0.15, 0.2) is 29.5 Å². The first-order chi connectivity index (χ1) is 20.3. The Hall–Kier alpha value is -3.25. The average molecular weight is 623 g/mol. The van der Waals surface area contributed by atoms with Crippen molar-refractivity contribution in [1.82, 2.24) is 0 Å². The van der Waals surface area contributed by atoms with Crippen LogP contribution in [0.3, 0.4) is 0 Å². The zero-order chi connectivity index (χ0) is 33.5. The van der Waals surface area contributed by atoms with Gasteiger partial charge in [-0.3, -0.25) is 14.4 Å². The number of esters is 5. The summed E-state index contributed by atoms with van der Waals surface area (Å²) in [5.74, 6) is -6.27. The monoisotopic (exact) mass is 622 g/mol. The summed E-state index contributed by atoms with van der Waals surface area (Å²) in [7, 11) is 0. The second-order valence-electron chi connectivity index (χ2n) is 12.7. The zero-order valence-electron chi connectivity index (χ0n) is 27.2. The van der Waals surface area contributed by atoms with E-state index in [0.29, 0.717) is 12.8 Å². The molecular weight excluding hydrogens is 576 g/mol. The number of allylic oxidation sites excluding steroid dienone is 1. The van der Waals surface area contributed by atoms with Crippen LogP contribution in [-0.2, 0) is 47.7 Å². The van der Waals surface area contributed by atoms with Gasteiger partial charge in [0.2, 0.25) is 0 Å². The van der Waals surface area contributed by atoms with Crippen LogP contribution in [0.5, 0.6) is 0 Å². The van der Waals surface area contributed by atoms with E-state index in [-0.39, 0.29) is 16.7 Å². The molecule has 2 N–H and O–H groups in total. The summed E-state index contributed by atoms with van der Waals surface area (Å²) in [6.45, 7) is 15.4. The van der Waals surface area contributed by atoms with Crippen LogP contribution >= 0.6 is 0 Å². The van der Waals surface area contributed by atoms with Crippen molar-refractivity contribution < 1.29 is 57.9 Å². The molecule has 12 heteroatoms. The topological polar surface area (TPSA) is 172 Å². The molecule has 1 heterocycles. The molecule has 3 rings (SSSR count). The standard InChI is InChI=1S/C32H46O12/c1-11-15(4)26(34)40-20-14-30(9,44-19(8)33)22-21(25-32(20,39)31(10,38)29(37)43-25)18(7)23(41-27(35)16(5)12-2)24(22)42-28(36)17(6)13-3/h12,15,17,20,22-25,38-39H,11,13-14H2,1-10H3/b16-12+/t15-,17+,20+,22-,23-,24-,25+,30-,31+,32+/m1/s1. The lowest BCUT2D eigenvalue weighted by Crippen LogP contribution is -2.64. The zero-order valence-corrected chi connectivity index (χ0v) is 27.2. The Labute approximate surface area is 258 Å². The third-order valence-electron chi connectivity index (χ3n) is 9.57. The van der Waals surface area contributed by atoms with E-state index < -0.39 is 95.2 Å². The molecule has 44 heavy (non-hydrogen) atoms. The van der Waals surface area contributed by atoms with E-state index in [9.17, 15) is 34.2 Å². The maximum atomic E-state index is 13.3. The molecule has 0 aromatic carbocycles. The Morgan fingerprint density at radius 2 is 1.55 bits per heavy atom. The third kappa shape index (κ3) is 5.78. The minimum absolute atomic E-state index is 0.127. The van der Waals surface area contributed by atoms with Crippen molar-refractivity contribution in [1.29, 1.82) is 0 Å². The Balaban J connectivity index is 2.36. The summed E-state index contributed by atoms with van der Waals surface area (Å²) in [6.07, 6.45) is -3.86. The summed E-state index contributed by atoms with van der Waals surface area (Å²) in [4.78, 5) is 65.2. The molecule has 0 aromatic heterocycles. The molecule has 246 valence electrons. The first-order valence-corrected chi connectivity index (χ1v) is 15.1. The minimum atomic E-state index is -2.59. The number of hydrogen-bond donors (Lipinski definition) is 2. The fourth-order valence-corrected chi connectivity index (χ4v) is 6.23. The molecule has 0 bridgehead atoms. The Morgan fingerprint density at radius 1 is 1.00 bits per heavy atom. The average Bonchev–Trinajstić information content (AvgIpc) is 3.29. The van der Waals surface area contributed by atoms with Crippen molar-refractivity contribution in [2.75, 3.05) is 0 Å². The Morgan fingerprint density at radius 3 is 2.05 bits per heavy atom. The van der Waals surface area contributed by atoms with Crippen LogP contribution in [0.25, 0.3) is 0 Å². The van der Waals surface area contributed by atoms with Gasteiger partial charge in [-0.05, 0) is 58.6 Å². The summed E-state index contributed by atoms with van der Waals surface area (Å²) >= 11 is 0. The van der Waals surface area contributed by atoms with Crippen molar-refractivity contribution in [3.63, 3.8) is 0 Å². The molecule has 12 nitrogen and oxygen atoms in total. The lowest BCUT2D eigenvalue weighted by molar-refractivity contribution is -0.214. The lowest BCUT2D eigenvalue weighted by atomic mass is 9.75. The van der Waals surface area contributed by atoms with Crippen LogP contribution < -0.4 is 0 Å². The van der Waals surface area contributed by atoms with Gasteiger partial charge in [0.1, 0.15) is 11.7 Å². The number of carbonyl (C=O) groups is 5. The number of ether oxygens (including phenoxy) is 5. The second-order valence-corrected chi connectivity index (χ2v) is 12.7. The van der Waals surface area contributed by atoms with E-state index in [1.807, 2.05) is 0 Å². The van der Waals surface area contributed by atoms with Gasteiger partial charge in [0.25, 0.3) is 0 Å². The van der Waals surface area contributed by atoms with Crippen LogP contribution in [0.1, 0.15) is 88.5 Å². The third-order valence-corrected chi connectivity index (χ3v) is 9.57. The van der Waals surface area contributed by atoms with E-state index in [2.05, 4.69) is 0 Å². The molecule has 1 saturated carbocycles. The van der Waals surface area contributed by atoms with Crippen LogP contribution in [0.4, 0.5) is 0 Å². The molecule has 1 aliphatic heterocycles. The van der Waals surface area contributed by atoms with E-state index >= 15 is 0 Å². The van der Waals surface area contributed by atoms with E-state index in [1.165, 1.54) is 13.8 Å². The SMILES string of the molecule is C/C=C(\C)C(=O)O[C@@H]1C(C)=C2[C@H]([C@H]1OC(=O)[C@@H](C)CC)[C@](C)(OC(C)=O)C[C@H](OC(=O)[C@H](C)CC)[C@]1(O)[C@H]2OC(=O)[C@]1(C)O. The predicted molar refractivity (Wildman–Crippen MR) is 154 cm³/mol. The van der Waals surface area contributed by atoms with Gasteiger partial charge in [-0.2, -0.15) is 0 Å². The molecule has 2 aliphatic carbocycles. The van der Waals surface area contributed by atoms with Gasteiger partial charge in [-0.25, -0.2) is 9.59 Å². The van der Waals surface area contributed by atoms with Crippen molar-refractivity contribution in [2.24, 2.45) is 17.8 Å². The number of hydrogen-bond acceptors (Lipinski definition) is 12. The van der Waals surface area contributed by atoms with Gasteiger partial charge in [-0.1, -0.05) is 33.8 Å². The molecule has 0 aromatic rings. The quantitative estimate of drug-likeness (QED) is 0.167. The maximum absolute atomic E-state index is 13.3. The molecule has 0 radical (unpaired) electrons. The van der Waals surface area contributed by atoms with Crippen molar-refractivity contribution in [2.45, 2.75) is 130 Å². The fraction of sp³-hybridized carbons (Fsp3) is 0.719. The van der Waals surface area contributed by atoms with Crippen molar-refractivity contribution in [3.05, 3.63) is 22.8 Å². The van der Waals surface area contributed by atoms with Gasteiger partial charge >= 0.3 is 29.8 Å². The molecule has 2 fully saturated rings. The normalized spacial score (nSPS) is 36.3.